The molecule has 0 heterocycles. The highest BCUT2D eigenvalue weighted by atomic mass is 16.6. The number of allylic oxidation sites excluding steroid dienone is 1. The number of hydrogen-bond acceptors (Lipinski definition) is 4. The molecule has 6 unspecified atom stereocenters. The summed E-state index contributed by atoms with van der Waals surface area (Å²) in [4.78, 5) is 24.6. The average molecular weight is 580 g/mol. The molecule has 0 saturated heterocycles. The molecule has 5 rings (SSSR count). The number of ether oxygens (including phenoxy) is 1. The van der Waals surface area contributed by atoms with Crippen molar-refractivity contribution in [2.45, 2.75) is 123 Å². The number of amides is 1. The van der Waals surface area contributed by atoms with E-state index >= 15 is 0 Å². The largest absolute Gasteiger partial charge is 0.508 e. The van der Waals surface area contributed by atoms with Crippen LogP contribution in [0.25, 0.3) is 0 Å². The monoisotopic (exact) mass is 579 g/mol. The smallest absolute Gasteiger partial charge is 0.408 e. The van der Waals surface area contributed by atoms with Gasteiger partial charge in [-0.05, 0) is 109 Å². The molecule has 3 fully saturated rings. The molecule has 42 heavy (non-hydrogen) atoms. The van der Waals surface area contributed by atoms with Crippen LogP contribution >= 0.6 is 0 Å². The lowest BCUT2D eigenvalue weighted by molar-refractivity contribution is -0.139. The first-order chi connectivity index (χ1) is 20.0. The Kier molecular flexibility index (Phi) is 9.30. The number of aromatic hydroxyl groups is 1. The van der Waals surface area contributed by atoms with Gasteiger partial charge in [0.25, 0.3) is 0 Å². The zero-order valence-corrected chi connectivity index (χ0v) is 26.2. The molecule has 6 heteroatoms. The first-order valence-electron chi connectivity index (χ1n) is 16.7. The molecular weight excluding hydrogens is 526 g/mol. The second kappa shape index (κ2) is 12.6. The van der Waals surface area contributed by atoms with Gasteiger partial charge in [-0.15, -0.1) is 0 Å². The van der Waals surface area contributed by atoms with Crippen LogP contribution in [0.3, 0.4) is 0 Å². The highest BCUT2D eigenvalue weighted by molar-refractivity contribution is 5.80. The predicted molar refractivity (Wildman–Crippen MR) is 165 cm³/mol. The molecule has 0 aromatic heterocycles. The number of alkyl carbamates (subject to hydrolysis) is 1. The van der Waals surface area contributed by atoms with Gasteiger partial charge in [-0.2, -0.15) is 0 Å². The molecule has 0 radical (unpaired) electrons. The minimum Gasteiger partial charge on any atom is -0.508 e. The highest BCUT2D eigenvalue weighted by Crippen LogP contribution is 2.66. The number of fused-ring (bicyclic) bond motifs is 5. The normalized spacial score (nSPS) is 34.5. The summed E-state index contributed by atoms with van der Waals surface area (Å²) >= 11 is 0. The number of hydrogen-bond donors (Lipinski definition) is 3. The lowest BCUT2D eigenvalue weighted by atomic mass is 9.47. The van der Waals surface area contributed by atoms with E-state index in [-0.39, 0.29) is 23.7 Å². The molecule has 0 aliphatic heterocycles. The van der Waals surface area contributed by atoms with Crippen LogP contribution in [0.2, 0.25) is 0 Å². The van der Waals surface area contributed by atoms with Crippen LogP contribution in [-0.2, 0) is 16.0 Å². The molecule has 1 aromatic rings. The van der Waals surface area contributed by atoms with E-state index < -0.39 is 18.1 Å². The summed E-state index contributed by atoms with van der Waals surface area (Å²) in [6.07, 6.45) is 16.5. The number of carbonyl (C=O) groups excluding carboxylic acids is 1. The molecule has 3 N–H and O–H groups in total. The lowest BCUT2D eigenvalue weighted by Crippen LogP contribution is -2.51. The zero-order chi connectivity index (χ0) is 30.1. The summed E-state index contributed by atoms with van der Waals surface area (Å²) in [5.74, 6) is 3.04. The molecule has 3 saturated carbocycles. The van der Waals surface area contributed by atoms with E-state index in [0.29, 0.717) is 11.3 Å². The van der Waals surface area contributed by atoms with E-state index in [1.165, 1.54) is 69.1 Å². The number of carbonyl (C=O) groups is 2. The second-order valence-electron chi connectivity index (χ2n) is 14.9. The third kappa shape index (κ3) is 6.38. The van der Waals surface area contributed by atoms with Crippen molar-refractivity contribution in [3.8, 4) is 5.75 Å². The van der Waals surface area contributed by atoms with Gasteiger partial charge in [0, 0.05) is 12.8 Å². The number of unbranched alkanes of at least 4 members (excludes halogenated alkanes) is 1. The molecule has 4 aliphatic carbocycles. The summed E-state index contributed by atoms with van der Waals surface area (Å²) < 4.78 is 5.83. The van der Waals surface area contributed by atoms with Crippen molar-refractivity contribution in [1.29, 1.82) is 0 Å². The van der Waals surface area contributed by atoms with Crippen molar-refractivity contribution in [1.82, 2.24) is 5.32 Å². The number of carboxylic acids is 1. The van der Waals surface area contributed by atoms with Crippen molar-refractivity contribution < 1.29 is 24.5 Å². The van der Waals surface area contributed by atoms with E-state index in [0.717, 1.165) is 54.9 Å². The Hall–Kier alpha value is -2.50. The third-order valence-electron chi connectivity index (χ3n) is 12.1. The van der Waals surface area contributed by atoms with Gasteiger partial charge in [0.15, 0.2) is 0 Å². The van der Waals surface area contributed by atoms with E-state index in [1.54, 1.807) is 12.1 Å². The maximum atomic E-state index is 12.8. The van der Waals surface area contributed by atoms with E-state index in [1.807, 2.05) is 0 Å². The van der Waals surface area contributed by atoms with Crippen LogP contribution in [0.1, 0.15) is 110 Å². The van der Waals surface area contributed by atoms with Crippen molar-refractivity contribution >= 4 is 12.1 Å². The predicted octanol–water partition coefficient (Wildman–Crippen LogP) is 8.28. The summed E-state index contributed by atoms with van der Waals surface area (Å²) in [6.45, 7) is 9.78. The zero-order valence-electron chi connectivity index (χ0n) is 26.2. The fourth-order valence-electron chi connectivity index (χ4n) is 9.65. The lowest BCUT2D eigenvalue weighted by Gasteiger charge is -2.58. The van der Waals surface area contributed by atoms with Gasteiger partial charge < -0.3 is 20.3 Å². The van der Waals surface area contributed by atoms with Gasteiger partial charge in [-0.1, -0.05) is 70.7 Å². The first kappa shape index (κ1) is 30.9. The summed E-state index contributed by atoms with van der Waals surface area (Å²) in [7, 11) is 0. The van der Waals surface area contributed by atoms with Crippen molar-refractivity contribution in [2.75, 3.05) is 0 Å². The maximum absolute atomic E-state index is 12.8. The van der Waals surface area contributed by atoms with Crippen LogP contribution in [0, 0.1) is 40.4 Å². The Morgan fingerprint density at radius 3 is 2.50 bits per heavy atom. The minimum absolute atomic E-state index is 0.118. The molecule has 8 atom stereocenters. The molecule has 1 amide bonds. The number of nitrogens with one attached hydrogen (secondary N) is 1. The Labute approximate surface area is 252 Å². The molecule has 0 spiro atoms. The standard InChI is InChI=1S/C36H53NO5/c1-23(2)7-5-6-8-25-12-16-30-29-15-11-26-22-28(17-19-36(26,4)31(29)18-20-35(25,30)3)42-34(41)37-32(33(39)40)21-24-9-13-27(38)14-10-24/h9-11,13-14,23,25,28-32,38H,5-8,12,15-22H2,1-4H3,(H,37,41)(H,39,40)/t25?,28?,29?,30-,31-,32?,35?,36?/m0/s1. The van der Waals surface area contributed by atoms with Crippen LogP contribution in [0.15, 0.2) is 35.9 Å². The number of aliphatic carboxylic acids is 1. The summed E-state index contributed by atoms with van der Waals surface area (Å²) in [5, 5.41) is 21.7. The number of phenols is 1. The number of carboxylic acid groups (broad SMARTS) is 1. The SMILES string of the molecule is CC(C)CCCCC1CC[C@H]2C3CC=C4CC(OC(=O)NC(Cc5ccc(O)cc5)C(=O)O)CCC4(C)[C@H]3CCC12C. The topological polar surface area (TPSA) is 95.9 Å². The Morgan fingerprint density at radius 1 is 1.02 bits per heavy atom. The van der Waals surface area contributed by atoms with Crippen LogP contribution < -0.4 is 5.32 Å². The van der Waals surface area contributed by atoms with E-state index in [9.17, 15) is 19.8 Å². The average Bonchev–Trinajstić information content (AvgIpc) is 3.28. The van der Waals surface area contributed by atoms with Crippen LogP contribution in [-0.4, -0.2) is 34.4 Å². The van der Waals surface area contributed by atoms with E-state index in [4.69, 9.17) is 4.74 Å². The Bertz CT molecular complexity index is 1140. The quantitative estimate of drug-likeness (QED) is 0.191. The fourth-order valence-corrected chi connectivity index (χ4v) is 9.65. The van der Waals surface area contributed by atoms with Gasteiger partial charge >= 0.3 is 12.1 Å². The molecular formula is C36H53NO5. The molecule has 0 bridgehead atoms. The number of phenolic OH excluding ortho intramolecular Hbond substituents is 1. The summed E-state index contributed by atoms with van der Waals surface area (Å²) in [6, 6.07) is 5.27. The molecule has 1 aromatic carbocycles. The highest BCUT2D eigenvalue weighted by Gasteiger charge is 2.58. The first-order valence-corrected chi connectivity index (χ1v) is 16.7. The number of benzene rings is 1. The van der Waals surface area contributed by atoms with Crippen molar-refractivity contribution in [2.24, 2.45) is 40.4 Å². The Balaban J connectivity index is 1.17. The van der Waals surface area contributed by atoms with Crippen molar-refractivity contribution in [3.63, 3.8) is 0 Å². The van der Waals surface area contributed by atoms with Gasteiger partial charge in [0.05, 0.1) is 0 Å². The van der Waals surface area contributed by atoms with Gasteiger partial charge in [-0.25, -0.2) is 9.59 Å². The maximum Gasteiger partial charge on any atom is 0.408 e. The summed E-state index contributed by atoms with van der Waals surface area (Å²) in [5.41, 5.74) is 2.86. The molecule has 6 nitrogen and oxygen atoms in total. The van der Waals surface area contributed by atoms with Crippen molar-refractivity contribution in [3.05, 3.63) is 41.5 Å². The van der Waals surface area contributed by atoms with E-state index in [2.05, 4.69) is 39.1 Å². The van der Waals surface area contributed by atoms with Crippen LogP contribution in [0.4, 0.5) is 4.79 Å². The molecule has 232 valence electrons. The number of rotatable bonds is 10. The fraction of sp³-hybridized carbons (Fsp3) is 0.722. The van der Waals surface area contributed by atoms with Gasteiger partial charge in [-0.3, -0.25) is 0 Å². The second-order valence-corrected chi connectivity index (χ2v) is 14.9. The van der Waals surface area contributed by atoms with Gasteiger partial charge in [0.1, 0.15) is 17.9 Å². The van der Waals surface area contributed by atoms with Crippen LogP contribution in [0.5, 0.6) is 5.75 Å². The Morgan fingerprint density at radius 2 is 1.79 bits per heavy atom. The van der Waals surface area contributed by atoms with Gasteiger partial charge in [0.2, 0.25) is 0 Å². The third-order valence-corrected chi connectivity index (χ3v) is 12.1. The minimum atomic E-state index is -1.11. The molecule has 4 aliphatic rings.